The lowest BCUT2D eigenvalue weighted by Crippen LogP contribution is -2.49. The van der Waals surface area contributed by atoms with Crippen LogP contribution in [0.2, 0.25) is 0 Å². The highest BCUT2D eigenvalue weighted by atomic mass is 16.2. The molecule has 2 aliphatic rings. The van der Waals surface area contributed by atoms with Crippen molar-refractivity contribution in [2.45, 2.75) is 57.7 Å². The van der Waals surface area contributed by atoms with Crippen LogP contribution in [0.1, 0.15) is 45.1 Å². The third-order valence-corrected chi connectivity index (χ3v) is 6.47. The topological polar surface area (TPSA) is 47.6 Å². The molecule has 2 saturated heterocycles. The number of likely N-dealkylation sites (tertiary alicyclic amines) is 1. The van der Waals surface area contributed by atoms with Gasteiger partial charge in [-0.3, -0.25) is 20.5 Å². The molecule has 3 unspecified atom stereocenters. The van der Waals surface area contributed by atoms with E-state index in [1.54, 1.807) is 0 Å². The number of nitrogens with one attached hydrogen (secondary N) is 2. The summed E-state index contributed by atoms with van der Waals surface area (Å²) in [6, 6.07) is 11.7. The Kier molecular flexibility index (Phi) is 6.33. The molecule has 26 heavy (non-hydrogen) atoms. The lowest BCUT2D eigenvalue weighted by atomic mass is 9.88. The summed E-state index contributed by atoms with van der Waals surface area (Å²) < 4.78 is 0. The maximum Gasteiger partial charge on any atom is 0.236 e. The first-order valence-corrected chi connectivity index (χ1v) is 10.0. The van der Waals surface area contributed by atoms with E-state index in [9.17, 15) is 4.79 Å². The van der Waals surface area contributed by atoms with E-state index in [4.69, 9.17) is 0 Å². The number of likely N-dealkylation sites (N-methyl/N-ethyl adjacent to an activating group) is 1. The van der Waals surface area contributed by atoms with Gasteiger partial charge in [0.25, 0.3) is 0 Å². The zero-order chi connectivity index (χ0) is 18.7. The molecule has 0 aromatic heterocycles. The maximum absolute atomic E-state index is 12.8. The van der Waals surface area contributed by atoms with Gasteiger partial charge in [-0.15, -0.1) is 0 Å². The molecule has 3 atom stereocenters. The number of piperidine rings is 1. The molecule has 0 bridgehead atoms. The zero-order valence-electron chi connectivity index (χ0n) is 16.6. The predicted octanol–water partition coefficient (Wildman–Crippen LogP) is 2.21. The molecule has 144 valence electrons. The second-order valence-electron chi connectivity index (χ2n) is 8.15. The van der Waals surface area contributed by atoms with Gasteiger partial charge in [0.15, 0.2) is 0 Å². The van der Waals surface area contributed by atoms with Gasteiger partial charge in [-0.2, -0.15) is 0 Å². The minimum atomic E-state index is 0.219. The summed E-state index contributed by atoms with van der Waals surface area (Å²) >= 11 is 0. The third kappa shape index (κ3) is 4.27. The zero-order valence-corrected chi connectivity index (χ0v) is 16.6. The molecule has 2 fully saturated rings. The summed E-state index contributed by atoms with van der Waals surface area (Å²) in [6.07, 6.45) is 2.28. The van der Waals surface area contributed by atoms with Crippen molar-refractivity contribution in [3.63, 3.8) is 0 Å². The van der Waals surface area contributed by atoms with E-state index in [0.717, 1.165) is 25.9 Å². The van der Waals surface area contributed by atoms with Crippen molar-refractivity contribution in [3.05, 3.63) is 35.9 Å². The van der Waals surface area contributed by atoms with E-state index in [-0.39, 0.29) is 11.9 Å². The van der Waals surface area contributed by atoms with Crippen molar-refractivity contribution in [1.82, 2.24) is 20.7 Å². The molecule has 0 spiro atoms. The Bertz CT molecular complexity index is 575. The van der Waals surface area contributed by atoms with Gasteiger partial charge in [0.05, 0.1) is 6.54 Å². The van der Waals surface area contributed by atoms with E-state index in [1.807, 2.05) is 11.9 Å². The first kappa shape index (κ1) is 19.3. The Morgan fingerprint density at radius 1 is 1.15 bits per heavy atom. The maximum atomic E-state index is 12.8. The number of rotatable bonds is 5. The van der Waals surface area contributed by atoms with Crippen molar-refractivity contribution in [1.29, 1.82) is 0 Å². The predicted molar refractivity (Wildman–Crippen MR) is 106 cm³/mol. The molecule has 1 aromatic carbocycles. The highest BCUT2D eigenvalue weighted by molar-refractivity contribution is 5.78. The third-order valence-electron chi connectivity index (χ3n) is 6.47. The normalized spacial score (nSPS) is 28.8. The van der Waals surface area contributed by atoms with E-state index < -0.39 is 0 Å². The molecule has 1 aromatic rings. The highest BCUT2D eigenvalue weighted by Gasteiger charge is 2.37. The second kappa shape index (κ2) is 8.51. The number of hydrazine groups is 1. The number of benzene rings is 1. The van der Waals surface area contributed by atoms with Gasteiger partial charge in [-0.25, -0.2) is 0 Å². The van der Waals surface area contributed by atoms with Crippen LogP contribution in [0.4, 0.5) is 0 Å². The fourth-order valence-corrected chi connectivity index (χ4v) is 4.66. The van der Waals surface area contributed by atoms with Gasteiger partial charge in [-0.1, -0.05) is 30.3 Å². The van der Waals surface area contributed by atoms with Gasteiger partial charge >= 0.3 is 0 Å². The molecule has 0 radical (unpaired) electrons. The fourth-order valence-electron chi connectivity index (χ4n) is 4.66. The van der Waals surface area contributed by atoms with Gasteiger partial charge < -0.3 is 4.90 Å². The Morgan fingerprint density at radius 3 is 2.31 bits per heavy atom. The molecule has 5 heteroatoms. The molecule has 2 aliphatic heterocycles. The Hall–Kier alpha value is -1.43. The lowest BCUT2D eigenvalue weighted by molar-refractivity contribution is -0.134. The van der Waals surface area contributed by atoms with Crippen molar-refractivity contribution in [2.24, 2.45) is 5.92 Å². The number of amides is 1. The Balaban J connectivity index is 1.49. The van der Waals surface area contributed by atoms with Crippen LogP contribution in [-0.4, -0.2) is 60.5 Å². The number of carbonyl (C=O) groups is 1. The van der Waals surface area contributed by atoms with Crippen LogP contribution in [0.5, 0.6) is 0 Å². The van der Waals surface area contributed by atoms with E-state index in [0.29, 0.717) is 30.5 Å². The van der Waals surface area contributed by atoms with Crippen LogP contribution in [0, 0.1) is 5.92 Å². The van der Waals surface area contributed by atoms with Crippen LogP contribution < -0.4 is 10.9 Å². The van der Waals surface area contributed by atoms with Gasteiger partial charge in [-0.05, 0) is 58.2 Å². The number of nitrogens with zero attached hydrogens (tertiary/aromatic N) is 2. The van der Waals surface area contributed by atoms with Crippen molar-refractivity contribution in [3.8, 4) is 0 Å². The second-order valence-corrected chi connectivity index (χ2v) is 8.15. The molecule has 2 heterocycles. The molecular formula is C21H34N4O. The summed E-state index contributed by atoms with van der Waals surface area (Å²) in [4.78, 5) is 17.1. The SMILES string of the molecule is CC1NNC(C)C1C(C)N(C)C(=O)CN1CCC(c2ccccc2)CC1. The number of carbonyl (C=O) groups excluding carboxylic acids is 1. The first-order valence-electron chi connectivity index (χ1n) is 10.0. The summed E-state index contributed by atoms with van der Waals surface area (Å²) in [5, 5.41) is 0. The molecule has 0 saturated carbocycles. The molecule has 1 amide bonds. The minimum Gasteiger partial charge on any atom is -0.342 e. The van der Waals surface area contributed by atoms with Crippen molar-refractivity contribution in [2.75, 3.05) is 26.7 Å². The number of hydrogen-bond acceptors (Lipinski definition) is 4. The van der Waals surface area contributed by atoms with Crippen LogP contribution in [-0.2, 0) is 4.79 Å². The van der Waals surface area contributed by atoms with Crippen LogP contribution >= 0.6 is 0 Å². The molecule has 5 nitrogen and oxygen atoms in total. The summed E-state index contributed by atoms with van der Waals surface area (Å²) in [5.41, 5.74) is 8.03. The van der Waals surface area contributed by atoms with Crippen LogP contribution in [0.15, 0.2) is 30.3 Å². The largest absolute Gasteiger partial charge is 0.342 e. The monoisotopic (exact) mass is 358 g/mol. The molecule has 3 rings (SSSR count). The quantitative estimate of drug-likeness (QED) is 0.847. The smallest absolute Gasteiger partial charge is 0.236 e. The van der Waals surface area contributed by atoms with Gasteiger partial charge in [0.1, 0.15) is 0 Å². The van der Waals surface area contributed by atoms with Crippen LogP contribution in [0.25, 0.3) is 0 Å². The van der Waals surface area contributed by atoms with Gasteiger partial charge in [0, 0.05) is 31.1 Å². The van der Waals surface area contributed by atoms with Crippen molar-refractivity contribution < 1.29 is 4.79 Å². The average molecular weight is 359 g/mol. The molecule has 0 aliphatic carbocycles. The van der Waals surface area contributed by atoms with E-state index >= 15 is 0 Å². The Morgan fingerprint density at radius 2 is 1.73 bits per heavy atom. The molecular weight excluding hydrogens is 324 g/mol. The fraction of sp³-hybridized carbons (Fsp3) is 0.667. The average Bonchev–Trinajstić information content (AvgIpc) is 3.00. The van der Waals surface area contributed by atoms with Gasteiger partial charge in [0.2, 0.25) is 5.91 Å². The lowest BCUT2D eigenvalue weighted by Gasteiger charge is -2.36. The first-order chi connectivity index (χ1) is 12.5. The molecule has 2 N–H and O–H groups in total. The number of hydrogen-bond donors (Lipinski definition) is 2. The standard InChI is InChI=1S/C21H34N4O/c1-15-21(16(2)23-22-15)17(3)24(4)20(26)14-25-12-10-19(11-13-25)18-8-6-5-7-9-18/h5-9,15-17,19,21-23H,10-14H2,1-4H3. The summed E-state index contributed by atoms with van der Waals surface area (Å²) in [6.45, 7) is 9.10. The van der Waals surface area contributed by atoms with E-state index in [1.165, 1.54) is 5.56 Å². The van der Waals surface area contributed by atoms with Crippen LogP contribution in [0.3, 0.4) is 0 Å². The van der Waals surface area contributed by atoms with Crippen molar-refractivity contribution >= 4 is 5.91 Å². The minimum absolute atomic E-state index is 0.219. The van der Waals surface area contributed by atoms with E-state index in [2.05, 4.69) is 66.9 Å². The summed E-state index contributed by atoms with van der Waals surface area (Å²) in [7, 11) is 1.96. The highest BCUT2D eigenvalue weighted by Crippen LogP contribution is 2.28. The summed E-state index contributed by atoms with van der Waals surface area (Å²) in [5.74, 6) is 1.30. The Labute approximate surface area is 158 Å².